The van der Waals surface area contributed by atoms with Gasteiger partial charge in [-0.25, -0.2) is 0 Å². The Kier molecular flexibility index (Phi) is 4.90. The van der Waals surface area contributed by atoms with Gasteiger partial charge in [0.15, 0.2) is 5.76 Å². The lowest BCUT2D eigenvalue weighted by atomic mass is 9.98. The lowest BCUT2D eigenvalue weighted by Gasteiger charge is -2.18. The van der Waals surface area contributed by atoms with E-state index in [4.69, 9.17) is 9.15 Å². The van der Waals surface area contributed by atoms with E-state index < -0.39 is 11.7 Å². The van der Waals surface area contributed by atoms with Crippen LogP contribution in [-0.2, 0) is 4.79 Å². The lowest BCUT2D eigenvalue weighted by molar-refractivity contribution is -0.118. The maximum Gasteiger partial charge on any atom is 0.296 e. The number of carbonyl (C=O) groups excluding carboxylic acids is 3. The highest BCUT2D eigenvalue weighted by molar-refractivity contribution is 6.42. The first kappa shape index (κ1) is 18.3. The maximum atomic E-state index is 12.9. The van der Waals surface area contributed by atoms with Crippen molar-refractivity contribution < 1.29 is 23.5 Å². The number of furan rings is 1. The van der Waals surface area contributed by atoms with Crippen LogP contribution in [0.25, 0.3) is 0 Å². The fraction of sp³-hybridized carbons (Fsp3) is 0.381. The molecule has 7 nitrogen and oxygen atoms in total. The second kappa shape index (κ2) is 7.50. The quantitative estimate of drug-likeness (QED) is 0.611. The summed E-state index contributed by atoms with van der Waals surface area (Å²) in [5.74, 6) is -0.215. The van der Waals surface area contributed by atoms with Crippen LogP contribution in [0, 0.1) is 11.8 Å². The molecule has 2 fully saturated rings. The van der Waals surface area contributed by atoms with Crippen LogP contribution in [0.4, 0.5) is 0 Å². The number of nitrogens with one attached hydrogen (secondary N) is 1. The first-order valence-corrected chi connectivity index (χ1v) is 9.39. The summed E-state index contributed by atoms with van der Waals surface area (Å²) in [4.78, 5) is 39.2. The van der Waals surface area contributed by atoms with Crippen LogP contribution >= 0.6 is 0 Å². The van der Waals surface area contributed by atoms with Gasteiger partial charge in [-0.1, -0.05) is 6.07 Å². The Hall–Kier alpha value is -3.09. The molecule has 2 unspecified atom stereocenters. The molecular formula is C21H22N2O5. The zero-order valence-corrected chi connectivity index (χ0v) is 15.6. The van der Waals surface area contributed by atoms with Crippen LogP contribution in [0.3, 0.4) is 0 Å². The van der Waals surface area contributed by atoms with E-state index in [2.05, 4.69) is 5.32 Å². The van der Waals surface area contributed by atoms with Gasteiger partial charge >= 0.3 is 0 Å². The van der Waals surface area contributed by atoms with Crippen LogP contribution in [0.1, 0.15) is 33.8 Å². The van der Waals surface area contributed by atoms with E-state index in [9.17, 15) is 14.4 Å². The van der Waals surface area contributed by atoms with Gasteiger partial charge in [-0.3, -0.25) is 14.4 Å². The minimum absolute atomic E-state index is 0.0165. The van der Waals surface area contributed by atoms with Crippen molar-refractivity contribution in [2.24, 2.45) is 11.8 Å². The Morgan fingerprint density at radius 2 is 1.96 bits per heavy atom. The van der Waals surface area contributed by atoms with Gasteiger partial charge in [-0.05, 0) is 49.1 Å². The van der Waals surface area contributed by atoms with Crippen molar-refractivity contribution in [1.29, 1.82) is 0 Å². The topological polar surface area (TPSA) is 88.9 Å². The van der Waals surface area contributed by atoms with Gasteiger partial charge in [0.05, 0.1) is 19.4 Å². The summed E-state index contributed by atoms with van der Waals surface area (Å²) in [5, 5.41) is 2.83. The van der Waals surface area contributed by atoms with Crippen LogP contribution in [0.15, 0.2) is 47.1 Å². The predicted octanol–water partition coefficient (Wildman–Crippen LogP) is 2.14. The molecule has 0 radical (unpaired) electrons. The molecule has 2 atom stereocenters. The Labute approximate surface area is 162 Å². The standard InChI is InChI=1S/C21H22N2O5/c1-27-15-5-2-4-14(10-15)21(26)23-11-16(13-7-8-13)17(12-23)22-20(25)19(24)18-6-3-9-28-18/h2-6,9-10,13,16-17H,7-8,11-12H2,1H3,(H,22,25). The Morgan fingerprint density at radius 1 is 1.14 bits per heavy atom. The van der Waals surface area contributed by atoms with Crippen molar-refractivity contribution in [1.82, 2.24) is 10.2 Å². The molecule has 146 valence electrons. The van der Waals surface area contributed by atoms with Crippen molar-refractivity contribution in [3.05, 3.63) is 54.0 Å². The third-order valence-electron chi connectivity index (χ3n) is 5.46. The number of ketones is 1. The summed E-state index contributed by atoms with van der Waals surface area (Å²) >= 11 is 0. The van der Waals surface area contributed by atoms with E-state index in [1.165, 1.54) is 12.3 Å². The predicted molar refractivity (Wildman–Crippen MR) is 100 cm³/mol. The molecule has 2 aromatic rings. The number of likely N-dealkylation sites (tertiary alicyclic amines) is 1. The van der Waals surface area contributed by atoms with E-state index in [1.54, 1.807) is 42.3 Å². The highest BCUT2D eigenvalue weighted by Gasteiger charge is 2.45. The van der Waals surface area contributed by atoms with E-state index in [0.717, 1.165) is 12.8 Å². The van der Waals surface area contributed by atoms with Crippen molar-refractivity contribution in [2.75, 3.05) is 20.2 Å². The number of amides is 2. The van der Waals surface area contributed by atoms with Crippen LogP contribution in [0.2, 0.25) is 0 Å². The number of hydrogen-bond donors (Lipinski definition) is 1. The molecule has 1 N–H and O–H groups in total. The molecular weight excluding hydrogens is 360 g/mol. The van der Waals surface area contributed by atoms with E-state index in [0.29, 0.717) is 30.3 Å². The molecule has 1 aliphatic carbocycles. The van der Waals surface area contributed by atoms with Crippen molar-refractivity contribution >= 4 is 17.6 Å². The summed E-state index contributed by atoms with van der Waals surface area (Å²) in [7, 11) is 1.56. The highest BCUT2D eigenvalue weighted by atomic mass is 16.5. The second-order valence-electron chi connectivity index (χ2n) is 7.33. The fourth-order valence-corrected chi connectivity index (χ4v) is 3.84. The molecule has 1 aromatic carbocycles. The minimum atomic E-state index is -0.697. The molecule has 28 heavy (non-hydrogen) atoms. The molecule has 1 saturated carbocycles. The molecule has 2 heterocycles. The van der Waals surface area contributed by atoms with Gasteiger partial charge in [0.1, 0.15) is 5.75 Å². The third-order valence-corrected chi connectivity index (χ3v) is 5.46. The summed E-state index contributed by atoms with van der Waals surface area (Å²) in [6.45, 7) is 0.953. The minimum Gasteiger partial charge on any atom is -0.497 e. The summed E-state index contributed by atoms with van der Waals surface area (Å²) in [5.41, 5.74) is 0.549. The number of benzene rings is 1. The molecule has 2 amide bonds. The Balaban J connectivity index is 1.46. The molecule has 4 rings (SSSR count). The maximum absolute atomic E-state index is 12.9. The van der Waals surface area contributed by atoms with Crippen LogP contribution < -0.4 is 10.1 Å². The van der Waals surface area contributed by atoms with Crippen LogP contribution in [-0.4, -0.2) is 48.7 Å². The first-order valence-electron chi connectivity index (χ1n) is 9.39. The molecule has 1 aliphatic heterocycles. The average Bonchev–Trinajstić information content (AvgIpc) is 3.25. The molecule has 7 heteroatoms. The van der Waals surface area contributed by atoms with Gasteiger partial charge in [0.2, 0.25) is 0 Å². The molecule has 0 bridgehead atoms. The average molecular weight is 382 g/mol. The van der Waals surface area contributed by atoms with E-state index >= 15 is 0 Å². The van der Waals surface area contributed by atoms with Crippen molar-refractivity contribution in [3.63, 3.8) is 0 Å². The number of hydrogen-bond acceptors (Lipinski definition) is 5. The van der Waals surface area contributed by atoms with Gasteiger partial charge in [0.25, 0.3) is 17.6 Å². The lowest BCUT2D eigenvalue weighted by Crippen LogP contribution is -2.44. The number of ether oxygens (including phenoxy) is 1. The second-order valence-corrected chi connectivity index (χ2v) is 7.33. The first-order chi connectivity index (χ1) is 13.6. The SMILES string of the molecule is COc1cccc(C(=O)N2CC(NC(=O)C(=O)c3ccco3)C(C3CC3)C2)c1. The third kappa shape index (κ3) is 3.65. The molecule has 0 spiro atoms. The van der Waals surface area contributed by atoms with Gasteiger partial charge in [-0.15, -0.1) is 0 Å². The number of carbonyl (C=O) groups is 3. The Morgan fingerprint density at radius 3 is 2.64 bits per heavy atom. The zero-order chi connectivity index (χ0) is 19.7. The van der Waals surface area contributed by atoms with Crippen molar-refractivity contribution in [3.8, 4) is 5.75 Å². The monoisotopic (exact) mass is 382 g/mol. The highest BCUT2D eigenvalue weighted by Crippen LogP contribution is 2.41. The number of Topliss-reactive ketones (excluding diaryl/α,β-unsaturated/α-hetero) is 1. The largest absolute Gasteiger partial charge is 0.497 e. The molecule has 1 aromatic heterocycles. The van der Waals surface area contributed by atoms with Gasteiger partial charge in [-0.2, -0.15) is 0 Å². The molecule has 2 aliphatic rings. The Bertz CT molecular complexity index is 888. The van der Waals surface area contributed by atoms with Crippen LogP contribution in [0.5, 0.6) is 5.75 Å². The van der Waals surface area contributed by atoms with E-state index in [1.807, 2.05) is 0 Å². The summed E-state index contributed by atoms with van der Waals surface area (Å²) in [6, 6.07) is 9.82. The number of rotatable bonds is 6. The van der Waals surface area contributed by atoms with E-state index in [-0.39, 0.29) is 23.6 Å². The van der Waals surface area contributed by atoms with Crippen molar-refractivity contribution in [2.45, 2.75) is 18.9 Å². The zero-order valence-electron chi connectivity index (χ0n) is 15.6. The fourth-order valence-electron chi connectivity index (χ4n) is 3.84. The van der Waals surface area contributed by atoms with Gasteiger partial charge in [0, 0.05) is 24.6 Å². The summed E-state index contributed by atoms with van der Waals surface area (Å²) in [6.07, 6.45) is 3.53. The summed E-state index contributed by atoms with van der Waals surface area (Å²) < 4.78 is 10.2. The smallest absolute Gasteiger partial charge is 0.296 e. The number of methoxy groups -OCH3 is 1. The van der Waals surface area contributed by atoms with Gasteiger partial charge < -0.3 is 19.4 Å². The normalized spacial score (nSPS) is 21.4. The molecule has 1 saturated heterocycles. The number of nitrogens with zero attached hydrogens (tertiary/aromatic N) is 1.